The molecule has 1 rings (SSSR count). The lowest BCUT2D eigenvalue weighted by Crippen LogP contribution is -2.43. The molecule has 1 aliphatic rings. The van der Waals surface area contributed by atoms with Crippen molar-refractivity contribution in [2.24, 2.45) is 5.41 Å². The first-order valence-corrected chi connectivity index (χ1v) is 6.69. The third-order valence-electron chi connectivity index (χ3n) is 3.84. The molecule has 17 heavy (non-hydrogen) atoms. The Morgan fingerprint density at radius 3 is 2.35 bits per heavy atom. The van der Waals surface area contributed by atoms with Gasteiger partial charge in [0.25, 0.3) is 0 Å². The van der Waals surface area contributed by atoms with Crippen LogP contribution in [0.1, 0.15) is 32.1 Å². The van der Waals surface area contributed by atoms with Gasteiger partial charge in [0.15, 0.2) is 0 Å². The average Bonchev–Trinajstić information content (AvgIpc) is 2.37. The molecule has 0 radical (unpaired) electrons. The van der Waals surface area contributed by atoms with Crippen LogP contribution in [0.5, 0.6) is 0 Å². The van der Waals surface area contributed by atoms with Crippen molar-refractivity contribution >= 4 is 0 Å². The van der Waals surface area contributed by atoms with Gasteiger partial charge in [-0.15, -0.1) is 0 Å². The zero-order chi connectivity index (χ0) is 12.6. The van der Waals surface area contributed by atoms with Crippen molar-refractivity contribution < 1.29 is 14.9 Å². The minimum Gasteiger partial charge on any atom is -0.396 e. The summed E-state index contributed by atoms with van der Waals surface area (Å²) >= 11 is 0. The Bertz CT molecular complexity index is 193. The highest BCUT2D eigenvalue weighted by Crippen LogP contribution is 2.36. The predicted molar refractivity (Wildman–Crippen MR) is 68.0 cm³/mol. The van der Waals surface area contributed by atoms with E-state index in [0.29, 0.717) is 13.2 Å². The van der Waals surface area contributed by atoms with E-state index in [2.05, 4.69) is 4.90 Å². The van der Waals surface area contributed by atoms with Gasteiger partial charge in [-0.3, -0.25) is 4.90 Å². The summed E-state index contributed by atoms with van der Waals surface area (Å²) < 4.78 is 5.09. The molecule has 2 N–H and O–H groups in total. The van der Waals surface area contributed by atoms with E-state index in [1.54, 1.807) is 7.11 Å². The van der Waals surface area contributed by atoms with Crippen LogP contribution in [-0.4, -0.2) is 61.7 Å². The smallest absolute Gasteiger partial charge is 0.0589 e. The molecule has 0 aliphatic heterocycles. The molecule has 0 saturated heterocycles. The van der Waals surface area contributed by atoms with E-state index >= 15 is 0 Å². The van der Waals surface area contributed by atoms with Gasteiger partial charge in [-0.2, -0.15) is 0 Å². The van der Waals surface area contributed by atoms with Gasteiger partial charge in [0.1, 0.15) is 0 Å². The average molecular weight is 245 g/mol. The second-order valence-corrected chi connectivity index (χ2v) is 5.21. The number of hydrogen-bond donors (Lipinski definition) is 2. The Morgan fingerprint density at radius 1 is 1.12 bits per heavy atom. The van der Waals surface area contributed by atoms with Crippen LogP contribution in [0.3, 0.4) is 0 Å². The number of hydrogen-bond acceptors (Lipinski definition) is 4. The summed E-state index contributed by atoms with van der Waals surface area (Å²) in [4.78, 5) is 2.21. The lowest BCUT2D eigenvalue weighted by Gasteiger charge is -2.39. The monoisotopic (exact) mass is 245 g/mol. The van der Waals surface area contributed by atoms with Crippen molar-refractivity contribution in [3.8, 4) is 0 Å². The first-order chi connectivity index (χ1) is 8.26. The zero-order valence-electron chi connectivity index (χ0n) is 11.0. The molecule has 0 atom stereocenters. The van der Waals surface area contributed by atoms with Crippen molar-refractivity contribution in [1.29, 1.82) is 0 Å². The van der Waals surface area contributed by atoms with Crippen LogP contribution >= 0.6 is 0 Å². The molecule has 0 aromatic rings. The van der Waals surface area contributed by atoms with Gasteiger partial charge in [0, 0.05) is 38.8 Å². The van der Waals surface area contributed by atoms with E-state index in [9.17, 15) is 5.11 Å². The molecule has 102 valence electrons. The fourth-order valence-corrected chi connectivity index (χ4v) is 2.77. The third kappa shape index (κ3) is 4.92. The SMILES string of the molecule is COCCN(CCO)CC1(CO)CCCCC1. The maximum Gasteiger partial charge on any atom is 0.0589 e. The normalized spacial score (nSPS) is 19.8. The fourth-order valence-electron chi connectivity index (χ4n) is 2.77. The summed E-state index contributed by atoms with van der Waals surface area (Å²) in [5, 5.41) is 18.7. The molecule has 0 heterocycles. The Labute approximate surface area is 105 Å². The lowest BCUT2D eigenvalue weighted by molar-refractivity contribution is 0.0260. The quantitative estimate of drug-likeness (QED) is 0.666. The van der Waals surface area contributed by atoms with E-state index in [1.807, 2.05) is 0 Å². The second kappa shape index (κ2) is 8.03. The standard InChI is InChI=1S/C13H27NO3/c1-17-10-8-14(7-9-15)11-13(12-16)5-3-2-4-6-13/h15-16H,2-12H2,1H3. The highest BCUT2D eigenvalue weighted by atomic mass is 16.5. The molecular weight excluding hydrogens is 218 g/mol. The van der Waals surface area contributed by atoms with Crippen LogP contribution in [0, 0.1) is 5.41 Å². The van der Waals surface area contributed by atoms with Gasteiger partial charge in [0.2, 0.25) is 0 Å². The summed E-state index contributed by atoms with van der Waals surface area (Å²) in [7, 11) is 1.69. The first kappa shape index (κ1) is 14.9. The van der Waals surface area contributed by atoms with Crippen LogP contribution in [-0.2, 0) is 4.74 Å². The maximum absolute atomic E-state index is 9.66. The number of aliphatic hydroxyl groups excluding tert-OH is 2. The molecule has 1 fully saturated rings. The summed E-state index contributed by atoms with van der Waals surface area (Å²) in [6.45, 7) is 3.51. The van der Waals surface area contributed by atoms with Gasteiger partial charge in [-0.25, -0.2) is 0 Å². The first-order valence-electron chi connectivity index (χ1n) is 6.69. The largest absolute Gasteiger partial charge is 0.396 e. The van der Waals surface area contributed by atoms with E-state index < -0.39 is 0 Å². The van der Waals surface area contributed by atoms with Crippen LogP contribution in [0.4, 0.5) is 0 Å². The maximum atomic E-state index is 9.66. The number of methoxy groups -OCH3 is 1. The summed E-state index contributed by atoms with van der Waals surface area (Å²) in [6, 6.07) is 0. The molecule has 1 aliphatic carbocycles. The van der Waals surface area contributed by atoms with Crippen molar-refractivity contribution in [2.45, 2.75) is 32.1 Å². The number of aliphatic hydroxyl groups is 2. The molecule has 0 aromatic heterocycles. The molecule has 0 unspecified atom stereocenters. The number of nitrogens with zero attached hydrogens (tertiary/aromatic N) is 1. The summed E-state index contributed by atoms with van der Waals surface area (Å²) in [6.07, 6.45) is 5.95. The van der Waals surface area contributed by atoms with Crippen molar-refractivity contribution in [3.05, 3.63) is 0 Å². The molecule has 1 saturated carbocycles. The molecule has 0 amide bonds. The Balaban J connectivity index is 2.48. The minimum atomic E-state index is 0.0567. The van der Waals surface area contributed by atoms with Gasteiger partial charge < -0.3 is 14.9 Å². The topological polar surface area (TPSA) is 52.9 Å². The van der Waals surface area contributed by atoms with E-state index in [1.165, 1.54) is 19.3 Å². The van der Waals surface area contributed by atoms with Gasteiger partial charge in [-0.05, 0) is 12.8 Å². The van der Waals surface area contributed by atoms with Crippen molar-refractivity contribution in [3.63, 3.8) is 0 Å². The van der Waals surface area contributed by atoms with Gasteiger partial charge in [-0.1, -0.05) is 19.3 Å². The summed E-state index contributed by atoms with van der Waals surface area (Å²) in [5.74, 6) is 0. The molecule has 0 spiro atoms. The van der Waals surface area contributed by atoms with E-state index in [0.717, 1.165) is 25.9 Å². The second-order valence-electron chi connectivity index (χ2n) is 5.21. The van der Waals surface area contributed by atoms with Crippen LogP contribution in [0.15, 0.2) is 0 Å². The Hall–Kier alpha value is -0.160. The lowest BCUT2D eigenvalue weighted by atomic mass is 9.74. The fraction of sp³-hybridized carbons (Fsp3) is 1.00. The number of rotatable bonds is 8. The van der Waals surface area contributed by atoms with Gasteiger partial charge in [0.05, 0.1) is 13.2 Å². The summed E-state index contributed by atoms with van der Waals surface area (Å²) in [5.41, 5.74) is 0.0567. The van der Waals surface area contributed by atoms with Crippen LogP contribution in [0.25, 0.3) is 0 Å². The van der Waals surface area contributed by atoms with Crippen molar-refractivity contribution in [1.82, 2.24) is 4.90 Å². The van der Waals surface area contributed by atoms with Crippen molar-refractivity contribution in [2.75, 3.05) is 46.6 Å². The minimum absolute atomic E-state index is 0.0567. The van der Waals surface area contributed by atoms with Gasteiger partial charge >= 0.3 is 0 Å². The van der Waals surface area contributed by atoms with E-state index in [-0.39, 0.29) is 18.6 Å². The Morgan fingerprint density at radius 2 is 1.82 bits per heavy atom. The molecule has 0 aromatic carbocycles. The van der Waals surface area contributed by atoms with E-state index in [4.69, 9.17) is 9.84 Å². The molecule has 4 heteroatoms. The Kier molecular flexibility index (Phi) is 7.04. The zero-order valence-corrected chi connectivity index (χ0v) is 11.0. The predicted octanol–water partition coefficient (Wildman–Crippen LogP) is 0.870. The molecular formula is C13H27NO3. The number of ether oxygens (including phenoxy) is 1. The molecule has 0 bridgehead atoms. The highest BCUT2D eigenvalue weighted by molar-refractivity contribution is 4.85. The molecule has 4 nitrogen and oxygen atoms in total. The van der Waals surface area contributed by atoms with Crippen LogP contribution in [0.2, 0.25) is 0 Å². The highest BCUT2D eigenvalue weighted by Gasteiger charge is 2.33. The third-order valence-corrected chi connectivity index (χ3v) is 3.84. The van der Waals surface area contributed by atoms with Crippen LogP contribution < -0.4 is 0 Å².